The Morgan fingerprint density at radius 1 is 1.43 bits per heavy atom. The third-order valence-electron chi connectivity index (χ3n) is 2.26. The predicted molar refractivity (Wildman–Crippen MR) is 49.9 cm³/mol. The quantitative estimate of drug-likeness (QED) is 0.591. The summed E-state index contributed by atoms with van der Waals surface area (Å²) in [5.74, 6) is -0.163. The molecule has 5 heteroatoms. The Labute approximate surface area is 81.3 Å². The van der Waals surface area contributed by atoms with Crippen LogP contribution in [0.3, 0.4) is 0 Å². The van der Waals surface area contributed by atoms with Gasteiger partial charge in [-0.3, -0.25) is 14.3 Å². The molecule has 1 aliphatic heterocycles. The van der Waals surface area contributed by atoms with Gasteiger partial charge in [-0.25, -0.2) is 0 Å². The van der Waals surface area contributed by atoms with Gasteiger partial charge in [0.05, 0.1) is 24.3 Å². The lowest BCUT2D eigenvalue weighted by Crippen LogP contribution is -2.24. The van der Waals surface area contributed by atoms with E-state index in [9.17, 15) is 9.59 Å². The SMILES string of the molecule is Cc1nn(C)cc1N1CC(=O)CC1=O. The molecule has 0 unspecified atom stereocenters. The molecule has 0 bridgehead atoms. The number of rotatable bonds is 1. The van der Waals surface area contributed by atoms with Gasteiger partial charge >= 0.3 is 0 Å². The van der Waals surface area contributed by atoms with Crippen LogP contribution in [0.4, 0.5) is 5.69 Å². The zero-order chi connectivity index (χ0) is 10.3. The number of carbonyl (C=O) groups excluding carboxylic acids is 2. The van der Waals surface area contributed by atoms with E-state index in [0.29, 0.717) is 0 Å². The van der Waals surface area contributed by atoms with Crippen LogP contribution in [0, 0.1) is 6.92 Å². The number of anilines is 1. The molecule has 0 spiro atoms. The summed E-state index contributed by atoms with van der Waals surface area (Å²) in [6, 6.07) is 0. The molecule has 0 saturated carbocycles. The summed E-state index contributed by atoms with van der Waals surface area (Å²) < 4.78 is 1.64. The van der Waals surface area contributed by atoms with Gasteiger partial charge < -0.3 is 4.90 Å². The van der Waals surface area contributed by atoms with Gasteiger partial charge in [0.25, 0.3) is 0 Å². The zero-order valence-corrected chi connectivity index (χ0v) is 8.15. The van der Waals surface area contributed by atoms with Crippen molar-refractivity contribution in [3.05, 3.63) is 11.9 Å². The second-order valence-corrected chi connectivity index (χ2v) is 3.47. The number of aryl methyl sites for hydroxylation is 2. The molecule has 1 fully saturated rings. The monoisotopic (exact) mass is 193 g/mol. The first-order valence-electron chi connectivity index (χ1n) is 4.40. The Morgan fingerprint density at radius 3 is 2.57 bits per heavy atom. The van der Waals surface area contributed by atoms with E-state index in [-0.39, 0.29) is 24.7 Å². The number of Topliss-reactive ketones (excluding diaryl/α,β-unsaturated/α-hetero) is 1. The number of hydrogen-bond donors (Lipinski definition) is 0. The van der Waals surface area contributed by atoms with Crippen LogP contribution < -0.4 is 4.90 Å². The van der Waals surface area contributed by atoms with Crippen LogP contribution in [0.25, 0.3) is 0 Å². The fraction of sp³-hybridized carbons (Fsp3) is 0.444. The van der Waals surface area contributed by atoms with Crippen LogP contribution in [0.2, 0.25) is 0 Å². The summed E-state index contributed by atoms with van der Waals surface area (Å²) in [6.07, 6.45) is 1.78. The molecule has 2 heterocycles. The van der Waals surface area contributed by atoms with Gasteiger partial charge in [0, 0.05) is 13.2 Å². The maximum absolute atomic E-state index is 11.4. The lowest BCUT2D eigenvalue weighted by molar-refractivity contribution is -0.121. The Hall–Kier alpha value is -1.65. The molecule has 2 rings (SSSR count). The number of aromatic nitrogens is 2. The normalized spacial score (nSPS) is 16.9. The minimum Gasteiger partial charge on any atom is -0.301 e. The molecule has 74 valence electrons. The minimum absolute atomic E-state index is 0.0222. The van der Waals surface area contributed by atoms with Crippen molar-refractivity contribution in [1.29, 1.82) is 0 Å². The van der Waals surface area contributed by atoms with E-state index in [1.54, 1.807) is 17.9 Å². The number of hydrogen-bond acceptors (Lipinski definition) is 3. The molecule has 0 aromatic carbocycles. The third-order valence-corrected chi connectivity index (χ3v) is 2.26. The highest BCUT2D eigenvalue weighted by molar-refractivity contribution is 6.15. The fourth-order valence-corrected chi connectivity index (χ4v) is 1.66. The van der Waals surface area contributed by atoms with E-state index in [1.807, 2.05) is 6.92 Å². The van der Waals surface area contributed by atoms with Crippen LogP contribution in [0.15, 0.2) is 6.20 Å². The van der Waals surface area contributed by atoms with E-state index in [0.717, 1.165) is 11.4 Å². The van der Waals surface area contributed by atoms with E-state index >= 15 is 0 Å². The van der Waals surface area contributed by atoms with Gasteiger partial charge in [-0.05, 0) is 6.92 Å². The maximum atomic E-state index is 11.4. The lowest BCUT2D eigenvalue weighted by Gasteiger charge is -2.12. The summed E-state index contributed by atoms with van der Waals surface area (Å²) in [6.45, 7) is 2.01. The van der Waals surface area contributed by atoms with Gasteiger partial charge in [-0.15, -0.1) is 0 Å². The number of carbonyl (C=O) groups is 2. The van der Waals surface area contributed by atoms with Crippen molar-refractivity contribution in [2.45, 2.75) is 13.3 Å². The van der Waals surface area contributed by atoms with Gasteiger partial charge in [0.15, 0.2) is 5.78 Å². The van der Waals surface area contributed by atoms with Crippen molar-refractivity contribution in [2.75, 3.05) is 11.4 Å². The van der Waals surface area contributed by atoms with E-state index in [2.05, 4.69) is 5.10 Å². The van der Waals surface area contributed by atoms with Crippen LogP contribution in [-0.4, -0.2) is 28.0 Å². The second kappa shape index (κ2) is 2.94. The Balaban J connectivity index is 2.36. The average molecular weight is 193 g/mol. The zero-order valence-electron chi connectivity index (χ0n) is 8.15. The van der Waals surface area contributed by atoms with E-state index < -0.39 is 0 Å². The number of ketones is 1. The van der Waals surface area contributed by atoms with Crippen LogP contribution in [-0.2, 0) is 16.6 Å². The number of amides is 1. The van der Waals surface area contributed by atoms with Gasteiger partial charge in [-0.2, -0.15) is 5.10 Å². The van der Waals surface area contributed by atoms with Crippen LogP contribution >= 0.6 is 0 Å². The third kappa shape index (κ3) is 1.30. The van der Waals surface area contributed by atoms with Gasteiger partial charge in [-0.1, -0.05) is 0 Å². The highest BCUT2D eigenvalue weighted by atomic mass is 16.2. The first kappa shape index (κ1) is 8.93. The number of nitrogens with zero attached hydrogens (tertiary/aromatic N) is 3. The summed E-state index contributed by atoms with van der Waals surface area (Å²) in [4.78, 5) is 24.0. The van der Waals surface area contributed by atoms with Crippen LogP contribution in [0.5, 0.6) is 0 Å². The molecule has 1 aromatic rings. The molecule has 0 N–H and O–H groups in total. The summed E-state index contributed by atoms with van der Waals surface area (Å²) in [5, 5.41) is 4.13. The van der Waals surface area contributed by atoms with Gasteiger partial charge in [0.2, 0.25) is 5.91 Å². The fourth-order valence-electron chi connectivity index (χ4n) is 1.66. The molecule has 14 heavy (non-hydrogen) atoms. The van der Waals surface area contributed by atoms with Crippen molar-refractivity contribution in [3.8, 4) is 0 Å². The molecule has 5 nitrogen and oxygen atoms in total. The first-order valence-corrected chi connectivity index (χ1v) is 4.40. The Morgan fingerprint density at radius 2 is 2.14 bits per heavy atom. The smallest absolute Gasteiger partial charge is 0.235 e. The van der Waals surface area contributed by atoms with Crippen molar-refractivity contribution >= 4 is 17.4 Å². The van der Waals surface area contributed by atoms with E-state index in [4.69, 9.17) is 0 Å². The molecular formula is C9H11N3O2. The maximum Gasteiger partial charge on any atom is 0.235 e. The Kier molecular flexibility index (Phi) is 1.87. The lowest BCUT2D eigenvalue weighted by atomic mass is 10.3. The molecule has 0 atom stereocenters. The van der Waals surface area contributed by atoms with E-state index in [1.165, 1.54) is 4.90 Å². The summed E-state index contributed by atoms with van der Waals surface area (Å²) in [5.41, 5.74) is 1.51. The van der Waals surface area contributed by atoms with Crippen molar-refractivity contribution in [1.82, 2.24) is 9.78 Å². The van der Waals surface area contributed by atoms with Gasteiger partial charge in [0.1, 0.15) is 0 Å². The second-order valence-electron chi connectivity index (χ2n) is 3.47. The standard InChI is InChI=1S/C9H11N3O2/c1-6-8(5-11(2)10-6)12-4-7(13)3-9(12)14/h5H,3-4H2,1-2H3. The molecule has 1 aliphatic rings. The molecule has 1 amide bonds. The topological polar surface area (TPSA) is 55.2 Å². The predicted octanol–water partition coefficient (Wildman–Crippen LogP) is 0.0343. The highest BCUT2D eigenvalue weighted by Gasteiger charge is 2.30. The highest BCUT2D eigenvalue weighted by Crippen LogP contribution is 2.22. The molecule has 1 aromatic heterocycles. The molecule has 0 aliphatic carbocycles. The minimum atomic E-state index is -0.133. The van der Waals surface area contributed by atoms with Crippen molar-refractivity contribution < 1.29 is 9.59 Å². The summed E-state index contributed by atoms with van der Waals surface area (Å²) in [7, 11) is 1.79. The van der Waals surface area contributed by atoms with Crippen molar-refractivity contribution in [3.63, 3.8) is 0 Å². The Bertz CT molecular complexity index is 408. The molecular weight excluding hydrogens is 182 g/mol. The van der Waals surface area contributed by atoms with Crippen molar-refractivity contribution in [2.24, 2.45) is 7.05 Å². The van der Waals surface area contributed by atoms with Crippen LogP contribution in [0.1, 0.15) is 12.1 Å². The molecule has 0 radical (unpaired) electrons. The first-order chi connectivity index (χ1) is 6.58. The largest absolute Gasteiger partial charge is 0.301 e. The average Bonchev–Trinajstić information content (AvgIpc) is 2.55. The molecule has 1 saturated heterocycles. The summed E-state index contributed by atoms with van der Waals surface area (Å²) >= 11 is 0.